The average Bonchev–Trinajstić information content (AvgIpc) is 3.16. The summed E-state index contributed by atoms with van der Waals surface area (Å²) in [5, 5.41) is 11.9. The number of hydrogen-bond acceptors (Lipinski definition) is 5. The van der Waals surface area contributed by atoms with E-state index in [2.05, 4.69) is 116 Å². The third-order valence-electron chi connectivity index (χ3n) is 8.62. The van der Waals surface area contributed by atoms with Crippen LogP contribution in [0, 0.1) is 0 Å². The second-order valence-corrected chi connectivity index (χ2v) is 13.7. The van der Waals surface area contributed by atoms with Crippen molar-refractivity contribution >= 4 is 17.8 Å². The number of carbonyl (C=O) groups excluding carboxylic acids is 2. The minimum absolute atomic E-state index is 0.153. The number of rotatable bonds is 36. The number of nitrogens with two attached hydrogens (primary N) is 1. The molecule has 7 nitrogen and oxygen atoms in total. The highest BCUT2D eigenvalue weighted by atomic mass is 16.5. The molecule has 7 heteroatoms. The summed E-state index contributed by atoms with van der Waals surface area (Å²) in [5.74, 6) is -1.41. The van der Waals surface area contributed by atoms with Gasteiger partial charge in [0.1, 0.15) is 12.1 Å². The molecule has 304 valence electrons. The van der Waals surface area contributed by atoms with Crippen molar-refractivity contribution < 1.29 is 24.2 Å². The van der Waals surface area contributed by atoms with E-state index in [-0.39, 0.29) is 18.0 Å². The molecule has 0 aliphatic heterocycles. The van der Waals surface area contributed by atoms with Gasteiger partial charge in [-0.05, 0) is 115 Å². The zero-order valence-electron chi connectivity index (χ0n) is 34.0. The summed E-state index contributed by atoms with van der Waals surface area (Å²) in [6.45, 7) is 4.75. The maximum Gasteiger partial charge on any atom is 0.326 e. The summed E-state index contributed by atoms with van der Waals surface area (Å²) < 4.78 is 5.86. The van der Waals surface area contributed by atoms with E-state index in [1.54, 1.807) is 0 Å². The summed E-state index contributed by atoms with van der Waals surface area (Å²) in [7, 11) is 0. The fourth-order valence-electron chi connectivity index (χ4n) is 5.46. The Balaban J connectivity index is 4.27. The standard InChI is InChI=1S/C47H76N2O5/c1-3-5-7-9-11-12-13-14-15-16-17-18-19-20-21-22-23-24-25-26-27-29-35-41-46(51)54-43(37-32-28-10-8-6-4-2)38-33-30-31-34-40-45(50)49-44(47(52)53)39-36-42-48/h5,7,11-12,14-15,17-18,20-21,23-24,26-27,32,37,43-44H,3-4,6,8-10,13,16,19,22,25,28-31,33-36,38-42,48H2,1-2H3,(H,49,50)(H,52,53)/b7-5-,12-11-,15-14-,18-17-,21-20-,24-23-,27-26-,37-32-. The fourth-order valence-corrected chi connectivity index (χ4v) is 5.46. The molecule has 0 spiro atoms. The van der Waals surface area contributed by atoms with Crippen LogP contribution in [0.5, 0.6) is 0 Å². The summed E-state index contributed by atoms with van der Waals surface area (Å²) in [6.07, 6.45) is 54.8. The first-order valence-electron chi connectivity index (χ1n) is 21.1. The van der Waals surface area contributed by atoms with Crippen molar-refractivity contribution in [2.45, 2.75) is 174 Å². The quantitative estimate of drug-likeness (QED) is 0.0333. The van der Waals surface area contributed by atoms with Gasteiger partial charge in [0.05, 0.1) is 0 Å². The lowest BCUT2D eigenvalue weighted by atomic mass is 10.1. The van der Waals surface area contributed by atoms with Gasteiger partial charge in [-0.25, -0.2) is 4.79 Å². The van der Waals surface area contributed by atoms with E-state index in [0.29, 0.717) is 38.6 Å². The molecule has 0 aliphatic rings. The number of esters is 1. The summed E-state index contributed by atoms with van der Waals surface area (Å²) in [6, 6.07) is -0.880. The molecule has 54 heavy (non-hydrogen) atoms. The van der Waals surface area contributed by atoms with Crippen LogP contribution in [0.25, 0.3) is 0 Å². The minimum atomic E-state index is -1.02. The van der Waals surface area contributed by atoms with E-state index in [1.807, 2.05) is 0 Å². The molecule has 0 heterocycles. The van der Waals surface area contributed by atoms with E-state index < -0.39 is 12.0 Å². The minimum Gasteiger partial charge on any atom is -0.480 e. The molecule has 0 bridgehead atoms. The van der Waals surface area contributed by atoms with Crippen LogP contribution in [0.1, 0.15) is 162 Å². The third kappa shape index (κ3) is 36.6. The lowest BCUT2D eigenvalue weighted by Gasteiger charge is -2.15. The van der Waals surface area contributed by atoms with Crippen molar-refractivity contribution in [3.8, 4) is 0 Å². The van der Waals surface area contributed by atoms with Crippen molar-refractivity contribution in [1.82, 2.24) is 5.32 Å². The molecule has 0 saturated heterocycles. The van der Waals surface area contributed by atoms with Crippen LogP contribution in [0.15, 0.2) is 97.2 Å². The molecule has 0 aromatic heterocycles. The van der Waals surface area contributed by atoms with Gasteiger partial charge in [-0.15, -0.1) is 0 Å². The molecule has 0 radical (unpaired) electrons. The predicted molar refractivity (Wildman–Crippen MR) is 229 cm³/mol. The monoisotopic (exact) mass is 749 g/mol. The maximum absolute atomic E-state index is 12.7. The van der Waals surface area contributed by atoms with Crippen LogP contribution in [-0.4, -0.2) is 41.6 Å². The van der Waals surface area contributed by atoms with Gasteiger partial charge in [0.15, 0.2) is 0 Å². The zero-order valence-corrected chi connectivity index (χ0v) is 34.0. The number of amides is 1. The first kappa shape index (κ1) is 50.3. The highest BCUT2D eigenvalue weighted by Gasteiger charge is 2.19. The van der Waals surface area contributed by atoms with Crippen LogP contribution < -0.4 is 11.1 Å². The molecule has 4 N–H and O–H groups in total. The van der Waals surface area contributed by atoms with Gasteiger partial charge in [0, 0.05) is 12.8 Å². The van der Waals surface area contributed by atoms with E-state index >= 15 is 0 Å². The summed E-state index contributed by atoms with van der Waals surface area (Å²) in [5.41, 5.74) is 5.47. The highest BCUT2D eigenvalue weighted by molar-refractivity contribution is 5.83. The van der Waals surface area contributed by atoms with Crippen LogP contribution in [0.3, 0.4) is 0 Å². The van der Waals surface area contributed by atoms with Crippen molar-refractivity contribution in [3.05, 3.63) is 97.2 Å². The Hall–Kier alpha value is -3.71. The third-order valence-corrected chi connectivity index (χ3v) is 8.62. The van der Waals surface area contributed by atoms with Gasteiger partial charge < -0.3 is 20.9 Å². The Bertz CT molecular complexity index is 1160. The van der Waals surface area contributed by atoms with Crippen molar-refractivity contribution in [2.75, 3.05) is 6.54 Å². The summed E-state index contributed by atoms with van der Waals surface area (Å²) >= 11 is 0. The van der Waals surface area contributed by atoms with Crippen molar-refractivity contribution in [2.24, 2.45) is 5.73 Å². The topological polar surface area (TPSA) is 119 Å². The first-order valence-corrected chi connectivity index (χ1v) is 21.1. The number of unbranched alkanes of at least 4 members (excludes halogenated alkanes) is 8. The number of aliphatic carboxylic acids is 1. The Morgan fingerprint density at radius 1 is 0.574 bits per heavy atom. The number of carbonyl (C=O) groups is 3. The normalized spacial score (nSPS) is 13.7. The number of ether oxygens (including phenoxy) is 1. The molecular weight excluding hydrogens is 673 g/mol. The zero-order chi connectivity index (χ0) is 39.6. The smallest absolute Gasteiger partial charge is 0.326 e. The van der Waals surface area contributed by atoms with Crippen LogP contribution >= 0.6 is 0 Å². The first-order chi connectivity index (χ1) is 26.4. The fraction of sp³-hybridized carbons (Fsp3) is 0.596. The summed E-state index contributed by atoms with van der Waals surface area (Å²) in [4.78, 5) is 36.2. The van der Waals surface area contributed by atoms with Crippen LogP contribution in [0.2, 0.25) is 0 Å². The Morgan fingerprint density at radius 2 is 1.09 bits per heavy atom. The second-order valence-electron chi connectivity index (χ2n) is 13.7. The van der Waals surface area contributed by atoms with Gasteiger partial charge in [0.25, 0.3) is 0 Å². The largest absolute Gasteiger partial charge is 0.480 e. The molecule has 2 atom stereocenters. The van der Waals surface area contributed by atoms with Gasteiger partial charge in [-0.2, -0.15) is 0 Å². The Kier molecular flexibility index (Phi) is 37.7. The average molecular weight is 749 g/mol. The molecule has 0 aromatic rings. The van der Waals surface area contributed by atoms with E-state index in [0.717, 1.165) is 96.3 Å². The predicted octanol–water partition coefficient (Wildman–Crippen LogP) is 11.9. The molecule has 0 rings (SSSR count). The molecule has 0 aliphatic carbocycles. The van der Waals surface area contributed by atoms with Gasteiger partial charge in [-0.1, -0.05) is 137 Å². The van der Waals surface area contributed by atoms with Gasteiger partial charge in [-0.3, -0.25) is 9.59 Å². The number of nitrogens with one attached hydrogen (secondary N) is 1. The van der Waals surface area contributed by atoms with Crippen LogP contribution in [-0.2, 0) is 19.1 Å². The molecule has 0 aromatic carbocycles. The van der Waals surface area contributed by atoms with E-state index in [4.69, 9.17) is 10.5 Å². The van der Waals surface area contributed by atoms with Crippen molar-refractivity contribution in [1.29, 1.82) is 0 Å². The molecule has 0 fully saturated rings. The van der Waals surface area contributed by atoms with E-state index in [1.165, 1.54) is 19.3 Å². The van der Waals surface area contributed by atoms with E-state index in [9.17, 15) is 19.5 Å². The van der Waals surface area contributed by atoms with Crippen LogP contribution in [0.4, 0.5) is 0 Å². The van der Waals surface area contributed by atoms with Crippen molar-refractivity contribution in [3.63, 3.8) is 0 Å². The maximum atomic E-state index is 12.7. The number of hydrogen-bond donors (Lipinski definition) is 3. The number of carboxylic acid groups (broad SMARTS) is 1. The number of carboxylic acids is 1. The second kappa shape index (κ2) is 40.5. The molecule has 1 amide bonds. The molecule has 2 unspecified atom stereocenters. The molecular formula is C47H76N2O5. The van der Waals surface area contributed by atoms with Gasteiger partial charge in [0.2, 0.25) is 5.91 Å². The Morgan fingerprint density at radius 3 is 1.63 bits per heavy atom. The highest BCUT2D eigenvalue weighted by Crippen LogP contribution is 2.14. The number of allylic oxidation sites excluding steroid dienone is 15. The lowest BCUT2D eigenvalue weighted by Crippen LogP contribution is -2.40. The van der Waals surface area contributed by atoms with Gasteiger partial charge >= 0.3 is 11.9 Å². The molecule has 0 saturated carbocycles. The Labute approximate surface area is 329 Å². The SMILES string of the molecule is CC/C=C\C/C=C\C/C=C\C/C=C\C/C=C\C/C=C\C/C=C\CCCC(=O)OC(/C=C\CCCCCC)CCCCCCC(=O)NC(CCCN)C(=O)O. The lowest BCUT2D eigenvalue weighted by molar-refractivity contribution is -0.147.